The lowest BCUT2D eigenvalue weighted by Gasteiger charge is -2.18. The fourth-order valence-corrected chi connectivity index (χ4v) is 3.11. The first-order valence-electron chi connectivity index (χ1n) is 10.9. The molecule has 2 amide bonds. The first kappa shape index (κ1) is 24.6. The lowest BCUT2D eigenvalue weighted by Crippen LogP contribution is -2.40. The van der Waals surface area contributed by atoms with Crippen molar-refractivity contribution in [1.82, 2.24) is 10.6 Å². The van der Waals surface area contributed by atoms with Crippen molar-refractivity contribution in [1.29, 1.82) is 0 Å². The number of fused-ring (bicyclic) bond motifs is 1. The van der Waals surface area contributed by atoms with Crippen molar-refractivity contribution in [3.63, 3.8) is 0 Å². The third-order valence-electron chi connectivity index (χ3n) is 4.94. The van der Waals surface area contributed by atoms with Crippen LogP contribution in [-0.4, -0.2) is 57.3 Å². The number of esters is 1. The minimum Gasteiger partial charge on any atom is -0.497 e. The summed E-state index contributed by atoms with van der Waals surface area (Å²) in [6.07, 6.45) is 3.52. The molecule has 0 saturated heterocycles. The molecule has 0 aliphatic carbocycles. The molecule has 2 N–H and O–H groups in total. The van der Waals surface area contributed by atoms with E-state index in [2.05, 4.69) is 10.6 Å². The van der Waals surface area contributed by atoms with Crippen LogP contribution in [0.1, 0.15) is 18.1 Å². The van der Waals surface area contributed by atoms with E-state index < -0.39 is 30.4 Å². The summed E-state index contributed by atoms with van der Waals surface area (Å²) in [7, 11) is 1.57. The summed E-state index contributed by atoms with van der Waals surface area (Å²) in [4.78, 5) is 36.1. The van der Waals surface area contributed by atoms with E-state index in [1.807, 2.05) is 18.2 Å². The number of hydrogen-bond acceptors (Lipinski definition) is 7. The maximum absolute atomic E-state index is 12.1. The molecule has 0 fully saturated rings. The number of hydrogen-bond donors (Lipinski definition) is 2. The topological polar surface area (TPSA) is 112 Å². The highest BCUT2D eigenvalue weighted by Gasteiger charge is 2.17. The smallest absolute Gasteiger partial charge is 0.328 e. The van der Waals surface area contributed by atoms with Crippen LogP contribution in [0.2, 0.25) is 0 Å². The van der Waals surface area contributed by atoms with E-state index in [1.54, 1.807) is 37.5 Å². The molecular formula is C25H28N2O7. The Kier molecular flexibility index (Phi) is 8.90. The Hall–Kier alpha value is -4.01. The Morgan fingerprint density at radius 3 is 2.53 bits per heavy atom. The minimum atomic E-state index is -0.904. The molecule has 1 unspecified atom stereocenters. The predicted octanol–water partition coefficient (Wildman–Crippen LogP) is 1.89. The number of carbonyl (C=O) groups excluding carboxylic acids is 3. The molecule has 0 radical (unpaired) electrons. The standard InChI is InChI=1S/C25H28N2O7/c1-17(27-23(28)10-6-18-3-7-20(31-2)8-4-18)25(30)34-16-24(29)26-12-11-19-5-9-21-22(15-19)33-14-13-32-21/h3-10,15,17H,11-14,16H2,1-2H3,(H,26,29)(H,27,28)/b10-6+. The van der Waals surface area contributed by atoms with Gasteiger partial charge in [0.15, 0.2) is 18.1 Å². The fourth-order valence-electron chi connectivity index (χ4n) is 3.11. The fraction of sp³-hybridized carbons (Fsp3) is 0.320. The highest BCUT2D eigenvalue weighted by molar-refractivity contribution is 5.94. The number of ether oxygens (including phenoxy) is 4. The zero-order valence-corrected chi connectivity index (χ0v) is 19.2. The Labute approximate surface area is 198 Å². The largest absolute Gasteiger partial charge is 0.497 e. The van der Waals surface area contributed by atoms with Crippen LogP contribution in [0.4, 0.5) is 0 Å². The van der Waals surface area contributed by atoms with Crippen LogP contribution in [0.25, 0.3) is 6.08 Å². The van der Waals surface area contributed by atoms with Gasteiger partial charge in [0.25, 0.3) is 5.91 Å². The molecule has 0 saturated carbocycles. The SMILES string of the molecule is COc1ccc(/C=C/C(=O)NC(C)C(=O)OCC(=O)NCCc2ccc3c(c2)OCCO3)cc1. The molecule has 1 aliphatic heterocycles. The first-order chi connectivity index (χ1) is 16.4. The van der Waals surface area contributed by atoms with Crippen molar-refractivity contribution in [2.45, 2.75) is 19.4 Å². The quantitative estimate of drug-likeness (QED) is 0.405. The first-order valence-corrected chi connectivity index (χ1v) is 10.9. The van der Waals surface area contributed by atoms with Gasteiger partial charge in [0, 0.05) is 12.6 Å². The van der Waals surface area contributed by atoms with Crippen molar-refractivity contribution in [3.05, 3.63) is 59.7 Å². The van der Waals surface area contributed by atoms with Gasteiger partial charge in [-0.05, 0) is 54.8 Å². The normalized spacial score (nSPS) is 13.1. The van der Waals surface area contributed by atoms with Crippen LogP contribution >= 0.6 is 0 Å². The molecule has 180 valence electrons. The third-order valence-corrected chi connectivity index (χ3v) is 4.94. The number of nitrogens with one attached hydrogen (secondary N) is 2. The van der Waals surface area contributed by atoms with E-state index in [0.717, 1.165) is 11.1 Å². The van der Waals surface area contributed by atoms with Crippen LogP contribution in [0, 0.1) is 0 Å². The van der Waals surface area contributed by atoms with Gasteiger partial charge >= 0.3 is 5.97 Å². The molecule has 1 heterocycles. The summed E-state index contributed by atoms with van der Waals surface area (Å²) < 4.78 is 21.1. The van der Waals surface area contributed by atoms with Crippen molar-refractivity contribution in [3.8, 4) is 17.2 Å². The predicted molar refractivity (Wildman–Crippen MR) is 125 cm³/mol. The monoisotopic (exact) mass is 468 g/mol. The Bertz CT molecular complexity index is 1030. The van der Waals surface area contributed by atoms with Crippen molar-refractivity contribution in [2.75, 3.05) is 33.5 Å². The van der Waals surface area contributed by atoms with Gasteiger partial charge in [-0.3, -0.25) is 9.59 Å². The molecule has 2 aromatic carbocycles. The van der Waals surface area contributed by atoms with E-state index in [9.17, 15) is 14.4 Å². The van der Waals surface area contributed by atoms with Gasteiger partial charge in [-0.25, -0.2) is 4.79 Å². The summed E-state index contributed by atoms with van der Waals surface area (Å²) in [6.45, 7) is 2.47. The molecule has 1 aliphatic rings. The second-order valence-electron chi connectivity index (χ2n) is 7.52. The second kappa shape index (κ2) is 12.3. The number of carbonyl (C=O) groups is 3. The molecule has 2 aromatic rings. The minimum absolute atomic E-state index is 0.373. The lowest BCUT2D eigenvalue weighted by molar-refractivity contribution is -0.150. The van der Waals surface area contributed by atoms with Crippen molar-refractivity contribution >= 4 is 23.9 Å². The maximum Gasteiger partial charge on any atom is 0.328 e. The van der Waals surface area contributed by atoms with Gasteiger partial charge < -0.3 is 29.6 Å². The van der Waals surface area contributed by atoms with Gasteiger partial charge in [0.05, 0.1) is 7.11 Å². The molecule has 0 bridgehead atoms. The molecule has 9 heteroatoms. The van der Waals surface area contributed by atoms with Crippen LogP contribution in [0.15, 0.2) is 48.5 Å². The number of methoxy groups -OCH3 is 1. The van der Waals surface area contributed by atoms with E-state index in [0.29, 0.717) is 43.4 Å². The number of benzene rings is 2. The molecule has 34 heavy (non-hydrogen) atoms. The molecule has 9 nitrogen and oxygen atoms in total. The zero-order chi connectivity index (χ0) is 24.3. The molecule has 0 aromatic heterocycles. The van der Waals surface area contributed by atoms with Crippen LogP contribution in [0.3, 0.4) is 0 Å². The molecule has 3 rings (SSSR count). The summed E-state index contributed by atoms with van der Waals surface area (Å²) in [5.41, 5.74) is 1.79. The molecular weight excluding hydrogens is 440 g/mol. The van der Waals surface area contributed by atoms with Gasteiger partial charge in [0.1, 0.15) is 25.0 Å². The summed E-state index contributed by atoms with van der Waals surface area (Å²) in [5, 5.41) is 5.20. The van der Waals surface area contributed by atoms with Crippen LogP contribution in [0.5, 0.6) is 17.2 Å². The summed E-state index contributed by atoms with van der Waals surface area (Å²) in [5.74, 6) is 0.536. The number of rotatable bonds is 10. The third kappa shape index (κ3) is 7.54. The second-order valence-corrected chi connectivity index (χ2v) is 7.52. The number of amides is 2. The molecule has 1 atom stereocenters. The highest BCUT2D eigenvalue weighted by atomic mass is 16.6. The van der Waals surface area contributed by atoms with Crippen molar-refractivity contribution < 1.29 is 33.3 Å². The summed E-state index contributed by atoms with van der Waals surface area (Å²) >= 11 is 0. The Balaban J connectivity index is 1.34. The average Bonchev–Trinajstić information content (AvgIpc) is 2.86. The van der Waals surface area contributed by atoms with E-state index >= 15 is 0 Å². The zero-order valence-electron chi connectivity index (χ0n) is 19.2. The lowest BCUT2D eigenvalue weighted by atomic mass is 10.1. The van der Waals surface area contributed by atoms with Gasteiger partial charge in [0.2, 0.25) is 5.91 Å². The van der Waals surface area contributed by atoms with Gasteiger partial charge in [-0.2, -0.15) is 0 Å². The average molecular weight is 469 g/mol. The summed E-state index contributed by atoms with van der Waals surface area (Å²) in [6, 6.07) is 11.9. The van der Waals surface area contributed by atoms with Gasteiger partial charge in [-0.15, -0.1) is 0 Å². The van der Waals surface area contributed by atoms with E-state index in [-0.39, 0.29) is 0 Å². The Morgan fingerprint density at radius 1 is 1.06 bits per heavy atom. The molecule has 0 spiro atoms. The maximum atomic E-state index is 12.1. The van der Waals surface area contributed by atoms with Crippen molar-refractivity contribution in [2.24, 2.45) is 0 Å². The van der Waals surface area contributed by atoms with Crippen LogP contribution < -0.4 is 24.8 Å². The Morgan fingerprint density at radius 2 is 1.79 bits per heavy atom. The highest BCUT2D eigenvalue weighted by Crippen LogP contribution is 2.30. The van der Waals surface area contributed by atoms with E-state index in [1.165, 1.54) is 13.0 Å². The van der Waals surface area contributed by atoms with Crippen LogP contribution in [-0.2, 0) is 25.5 Å². The van der Waals surface area contributed by atoms with Gasteiger partial charge in [-0.1, -0.05) is 18.2 Å². The van der Waals surface area contributed by atoms with E-state index in [4.69, 9.17) is 18.9 Å².